The average Bonchev–Trinajstić information content (AvgIpc) is 3.18. The number of nitrogens with two attached hydrogens (primary N) is 1. The van der Waals surface area contributed by atoms with Crippen LogP contribution in [-0.4, -0.2) is 53.0 Å². The van der Waals surface area contributed by atoms with Gasteiger partial charge in [-0.2, -0.15) is 5.26 Å². The van der Waals surface area contributed by atoms with Crippen molar-refractivity contribution in [1.29, 1.82) is 5.26 Å². The van der Waals surface area contributed by atoms with Crippen molar-refractivity contribution < 1.29 is 4.79 Å². The first-order chi connectivity index (χ1) is 14.0. The molecule has 7 nitrogen and oxygen atoms in total. The average molecular weight is 427 g/mol. The molecule has 1 aliphatic heterocycles. The van der Waals surface area contributed by atoms with E-state index in [0.717, 1.165) is 21.6 Å². The molecule has 1 atom stereocenters. The lowest BCUT2D eigenvalue weighted by molar-refractivity contribution is -0.132. The van der Waals surface area contributed by atoms with E-state index in [1.165, 1.54) is 17.7 Å². The number of amides is 1. The summed E-state index contributed by atoms with van der Waals surface area (Å²) in [6, 6.07) is 10.8. The van der Waals surface area contributed by atoms with Crippen molar-refractivity contribution in [2.24, 2.45) is 5.73 Å². The van der Waals surface area contributed by atoms with Crippen LogP contribution >= 0.6 is 22.9 Å². The molecule has 0 radical (unpaired) electrons. The molecular weight excluding hydrogens is 408 g/mol. The third-order valence-corrected chi connectivity index (χ3v) is 6.26. The third kappa shape index (κ3) is 4.17. The Labute approximate surface area is 177 Å². The van der Waals surface area contributed by atoms with Crippen molar-refractivity contribution >= 4 is 44.9 Å². The van der Waals surface area contributed by atoms with Crippen LogP contribution in [0.25, 0.3) is 10.2 Å². The van der Waals surface area contributed by atoms with Crippen molar-refractivity contribution in [1.82, 2.24) is 14.9 Å². The number of hydrogen-bond donors (Lipinski definition) is 1. The molecular formula is C20H19ClN6OS. The standard InChI is InChI=1S/C20H19ClN6OS/c21-14-3-1-13(2-4-14)9-16(23)20(28)27-7-5-26(6-8-27)19-18-17(24-12-25-19)10-15(11-22)29-18/h1-4,10,12,16H,5-9,23H2/t16-/m1/s1. The van der Waals surface area contributed by atoms with E-state index in [9.17, 15) is 4.79 Å². The van der Waals surface area contributed by atoms with Gasteiger partial charge in [0.25, 0.3) is 0 Å². The van der Waals surface area contributed by atoms with E-state index in [2.05, 4.69) is 20.9 Å². The fourth-order valence-electron chi connectivity index (χ4n) is 3.46. The van der Waals surface area contributed by atoms with E-state index in [4.69, 9.17) is 22.6 Å². The number of anilines is 1. The second-order valence-corrected chi connectivity index (χ2v) is 8.37. The summed E-state index contributed by atoms with van der Waals surface area (Å²) in [5.74, 6) is 0.773. The molecule has 0 bridgehead atoms. The Hall–Kier alpha value is -2.73. The number of rotatable bonds is 4. The van der Waals surface area contributed by atoms with Crippen molar-refractivity contribution in [3.63, 3.8) is 0 Å². The van der Waals surface area contributed by atoms with E-state index < -0.39 is 6.04 Å². The first-order valence-corrected chi connectivity index (χ1v) is 10.4. The molecule has 0 unspecified atom stereocenters. The zero-order chi connectivity index (χ0) is 20.4. The van der Waals surface area contributed by atoms with E-state index >= 15 is 0 Å². The molecule has 9 heteroatoms. The fourth-order valence-corrected chi connectivity index (χ4v) is 4.51. The number of nitriles is 1. The van der Waals surface area contributed by atoms with Gasteiger partial charge < -0.3 is 15.5 Å². The summed E-state index contributed by atoms with van der Waals surface area (Å²) >= 11 is 7.30. The Kier molecular flexibility index (Phi) is 5.62. The lowest BCUT2D eigenvalue weighted by atomic mass is 10.1. The molecule has 1 saturated heterocycles. The van der Waals surface area contributed by atoms with Crippen molar-refractivity contribution in [3.05, 3.63) is 52.1 Å². The predicted octanol–water partition coefficient (Wildman–Crippen LogP) is 2.43. The minimum atomic E-state index is -0.580. The zero-order valence-electron chi connectivity index (χ0n) is 15.6. The number of halogens is 1. The minimum absolute atomic E-state index is 0.0460. The number of aromatic nitrogens is 2. The quantitative estimate of drug-likeness (QED) is 0.687. The van der Waals surface area contributed by atoms with Gasteiger partial charge in [-0.15, -0.1) is 11.3 Å². The SMILES string of the molecule is N#Cc1cc2ncnc(N3CCN(C(=O)[C@H](N)Cc4ccc(Cl)cc4)CC3)c2s1. The fraction of sp³-hybridized carbons (Fsp3) is 0.300. The van der Waals surface area contributed by atoms with Crippen LogP contribution in [0, 0.1) is 11.3 Å². The van der Waals surface area contributed by atoms with E-state index in [1.54, 1.807) is 18.2 Å². The lowest BCUT2D eigenvalue weighted by Crippen LogP contribution is -2.53. The molecule has 0 saturated carbocycles. The first kappa shape index (κ1) is 19.6. The van der Waals surface area contributed by atoms with Gasteiger partial charge in [-0.25, -0.2) is 9.97 Å². The summed E-state index contributed by atoms with van der Waals surface area (Å²) in [6.45, 7) is 2.47. The normalized spacial score (nSPS) is 15.3. The zero-order valence-corrected chi connectivity index (χ0v) is 17.2. The minimum Gasteiger partial charge on any atom is -0.352 e. The number of piperazine rings is 1. The van der Waals surface area contributed by atoms with E-state index in [1.807, 2.05) is 17.0 Å². The van der Waals surface area contributed by atoms with Gasteiger partial charge in [-0.1, -0.05) is 23.7 Å². The maximum Gasteiger partial charge on any atom is 0.239 e. The van der Waals surface area contributed by atoms with Gasteiger partial charge in [0.15, 0.2) is 0 Å². The van der Waals surface area contributed by atoms with Gasteiger partial charge in [0.2, 0.25) is 5.91 Å². The van der Waals surface area contributed by atoms with E-state index in [-0.39, 0.29) is 5.91 Å². The highest BCUT2D eigenvalue weighted by atomic mass is 35.5. The Bertz CT molecular complexity index is 1070. The van der Waals surface area contributed by atoms with E-state index in [0.29, 0.717) is 42.5 Å². The van der Waals surface area contributed by atoms with Gasteiger partial charge in [0, 0.05) is 31.2 Å². The second-order valence-electron chi connectivity index (χ2n) is 6.88. The van der Waals surface area contributed by atoms with Crippen molar-refractivity contribution in [2.75, 3.05) is 31.1 Å². The topological polar surface area (TPSA) is 99.1 Å². The van der Waals surface area contributed by atoms with Crippen LogP contribution in [-0.2, 0) is 11.2 Å². The summed E-state index contributed by atoms with van der Waals surface area (Å²) in [4.78, 5) is 26.0. The molecule has 1 fully saturated rings. The molecule has 148 valence electrons. The van der Waals surface area contributed by atoms with Crippen LogP contribution in [0.15, 0.2) is 36.7 Å². The van der Waals surface area contributed by atoms with Crippen molar-refractivity contribution in [2.45, 2.75) is 12.5 Å². The second kappa shape index (κ2) is 8.33. The number of thiophene rings is 1. The number of carbonyl (C=O) groups excluding carboxylic acids is 1. The lowest BCUT2D eigenvalue weighted by Gasteiger charge is -2.36. The molecule has 1 aliphatic rings. The number of carbonyl (C=O) groups is 1. The molecule has 0 spiro atoms. The molecule has 1 amide bonds. The van der Waals surface area contributed by atoms with Gasteiger partial charge in [0.1, 0.15) is 23.1 Å². The summed E-state index contributed by atoms with van der Waals surface area (Å²) in [5, 5.41) is 9.81. The Morgan fingerprint density at radius 2 is 1.97 bits per heavy atom. The highest BCUT2D eigenvalue weighted by Crippen LogP contribution is 2.31. The largest absolute Gasteiger partial charge is 0.352 e. The molecule has 2 N–H and O–H groups in total. The summed E-state index contributed by atoms with van der Waals surface area (Å²) in [5.41, 5.74) is 7.94. The molecule has 2 aromatic heterocycles. The van der Waals surface area contributed by atoms with Gasteiger partial charge in [0.05, 0.1) is 16.3 Å². The van der Waals surface area contributed by atoms with Crippen LogP contribution < -0.4 is 10.6 Å². The molecule has 3 heterocycles. The number of fused-ring (bicyclic) bond motifs is 1. The van der Waals surface area contributed by atoms with Gasteiger partial charge >= 0.3 is 0 Å². The van der Waals surface area contributed by atoms with Crippen molar-refractivity contribution in [3.8, 4) is 6.07 Å². The van der Waals surface area contributed by atoms with Gasteiger partial charge in [-0.05, 0) is 30.2 Å². The molecule has 29 heavy (non-hydrogen) atoms. The molecule has 0 aliphatic carbocycles. The number of hydrogen-bond acceptors (Lipinski definition) is 7. The number of nitrogens with zero attached hydrogens (tertiary/aromatic N) is 5. The van der Waals surface area contributed by atoms with Crippen LogP contribution in [0.5, 0.6) is 0 Å². The monoisotopic (exact) mass is 426 g/mol. The highest BCUT2D eigenvalue weighted by molar-refractivity contribution is 7.20. The summed E-state index contributed by atoms with van der Waals surface area (Å²) in [6.07, 6.45) is 2.00. The molecule has 4 rings (SSSR count). The molecule has 3 aromatic rings. The summed E-state index contributed by atoms with van der Waals surface area (Å²) < 4.78 is 0.906. The summed E-state index contributed by atoms with van der Waals surface area (Å²) in [7, 11) is 0. The number of benzene rings is 1. The highest BCUT2D eigenvalue weighted by Gasteiger charge is 2.27. The molecule has 1 aromatic carbocycles. The van der Waals surface area contributed by atoms with Crippen LogP contribution in [0.1, 0.15) is 10.4 Å². The van der Waals surface area contributed by atoms with Crippen LogP contribution in [0.4, 0.5) is 5.82 Å². The predicted molar refractivity (Wildman–Crippen MR) is 114 cm³/mol. The smallest absolute Gasteiger partial charge is 0.239 e. The third-order valence-electron chi connectivity index (χ3n) is 4.98. The maximum absolute atomic E-state index is 12.8. The maximum atomic E-state index is 12.8. The Morgan fingerprint density at radius 3 is 2.66 bits per heavy atom. The van der Waals surface area contributed by atoms with Gasteiger partial charge in [-0.3, -0.25) is 4.79 Å². The van der Waals surface area contributed by atoms with Crippen LogP contribution in [0.2, 0.25) is 5.02 Å². The first-order valence-electron chi connectivity index (χ1n) is 9.23. The Balaban J connectivity index is 1.40. The van der Waals surface area contributed by atoms with Crippen LogP contribution in [0.3, 0.4) is 0 Å². The Morgan fingerprint density at radius 1 is 1.24 bits per heavy atom.